The van der Waals surface area contributed by atoms with E-state index in [4.69, 9.17) is 0 Å². The maximum Gasteiger partial charge on any atom is 0.337 e. The van der Waals surface area contributed by atoms with Crippen molar-refractivity contribution >= 4 is 17.6 Å². The van der Waals surface area contributed by atoms with Gasteiger partial charge in [0.15, 0.2) is 0 Å². The van der Waals surface area contributed by atoms with E-state index in [0.717, 1.165) is 6.07 Å². The van der Waals surface area contributed by atoms with E-state index in [1.807, 2.05) is 0 Å². The molecular weight excluding hydrogens is 242 g/mol. The maximum absolute atomic E-state index is 11.3. The molecule has 0 aromatic heterocycles. The smallest absolute Gasteiger partial charge is 0.337 e. The molecular formula is C11H11NO6. The van der Waals surface area contributed by atoms with Crippen LogP contribution in [-0.4, -0.2) is 31.1 Å². The highest BCUT2D eigenvalue weighted by molar-refractivity contribution is 5.90. The Hall–Kier alpha value is -2.44. The van der Waals surface area contributed by atoms with E-state index in [0.29, 0.717) is 0 Å². The van der Waals surface area contributed by atoms with Gasteiger partial charge in [-0.05, 0) is 12.1 Å². The van der Waals surface area contributed by atoms with Crippen molar-refractivity contribution in [3.8, 4) is 0 Å². The van der Waals surface area contributed by atoms with E-state index in [1.165, 1.54) is 26.4 Å². The molecule has 0 fully saturated rings. The van der Waals surface area contributed by atoms with Gasteiger partial charge in [0.05, 0.1) is 31.1 Å². The number of esters is 2. The lowest BCUT2D eigenvalue weighted by atomic mass is 10.1. The Morgan fingerprint density at radius 1 is 1.28 bits per heavy atom. The summed E-state index contributed by atoms with van der Waals surface area (Å²) in [5.41, 5.74) is 0.00445. The van der Waals surface area contributed by atoms with E-state index < -0.39 is 16.9 Å². The van der Waals surface area contributed by atoms with Gasteiger partial charge >= 0.3 is 11.9 Å². The zero-order chi connectivity index (χ0) is 13.7. The minimum Gasteiger partial charge on any atom is -0.469 e. The number of carbonyl (C=O) groups is 2. The molecule has 0 saturated carbocycles. The molecule has 0 amide bonds. The summed E-state index contributed by atoms with van der Waals surface area (Å²) in [6, 6.07) is 3.68. The third-order valence-electron chi connectivity index (χ3n) is 2.26. The van der Waals surface area contributed by atoms with Crippen molar-refractivity contribution in [2.45, 2.75) is 6.42 Å². The van der Waals surface area contributed by atoms with Crippen molar-refractivity contribution in [3.05, 3.63) is 39.4 Å². The SMILES string of the molecule is COC(=O)Cc1cc(C(=O)OC)ccc1[N+](=O)[O-]. The van der Waals surface area contributed by atoms with Crippen molar-refractivity contribution in [2.24, 2.45) is 0 Å². The zero-order valence-electron chi connectivity index (χ0n) is 9.84. The number of hydrogen-bond acceptors (Lipinski definition) is 6. The van der Waals surface area contributed by atoms with Gasteiger partial charge in [0.1, 0.15) is 0 Å². The monoisotopic (exact) mass is 253 g/mol. The third-order valence-corrected chi connectivity index (χ3v) is 2.26. The van der Waals surface area contributed by atoms with Crippen molar-refractivity contribution in [3.63, 3.8) is 0 Å². The Kier molecular flexibility index (Phi) is 4.36. The second-order valence-corrected chi connectivity index (χ2v) is 3.35. The average molecular weight is 253 g/mol. The fourth-order valence-corrected chi connectivity index (χ4v) is 1.38. The highest BCUT2D eigenvalue weighted by atomic mass is 16.6. The molecule has 0 aliphatic carbocycles. The fourth-order valence-electron chi connectivity index (χ4n) is 1.38. The fraction of sp³-hybridized carbons (Fsp3) is 0.273. The van der Waals surface area contributed by atoms with E-state index in [1.54, 1.807) is 0 Å². The molecule has 0 spiro atoms. The number of methoxy groups -OCH3 is 2. The molecule has 0 radical (unpaired) electrons. The number of nitro groups is 1. The van der Waals surface area contributed by atoms with Gasteiger partial charge in [-0.1, -0.05) is 0 Å². The number of hydrogen-bond donors (Lipinski definition) is 0. The van der Waals surface area contributed by atoms with Crippen LogP contribution in [0.25, 0.3) is 0 Å². The van der Waals surface area contributed by atoms with Crippen LogP contribution in [0.1, 0.15) is 15.9 Å². The average Bonchev–Trinajstić information content (AvgIpc) is 2.37. The van der Waals surface area contributed by atoms with Crippen LogP contribution < -0.4 is 0 Å². The topological polar surface area (TPSA) is 95.7 Å². The third kappa shape index (κ3) is 3.03. The van der Waals surface area contributed by atoms with Gasteiger partial charge < -0.3 is 9.47 Å². The zero-order valence-corrected chi connectivity index (χ0v) is 9.84. The molecule has 1 aromatic rings. The van der Waals surface area contributed by atoms with Crippen LogP contribution in [0.3, 0.4) is 0 Å². The normalized spacial score (nSPS) is 9.67. The lowest BCUT2D eigenvalue weighted by molar-refractivity contribution is -0.385. The highest BCUT2D eigenvalue weighted by Crippen LogP contribution is 2.21. The largest absolute Gasteiger partial charge is 0.469 e. The van der Waals surface area contributed by atoms with Gasteiger partial charge in [-0.3, -0.25) is 14.9 Å². The van der Waals surface area contributed by atoms with E-state index >= 15 is 0 Å². The van der Waals surface area contributed by atoms with Gasteiger partial charge in [-0.25, -0.2) is 4.79 Å². The minimum absolute atomic E-state index is 0.106. The van der Waals surface area contributed by atoms with Crippen molar-refractivity contribution in [1.82, 2.24) is 0 Å². The molecule has 18 heavy (non-hydrogen) atoms. The molecule has 1 aromatic carbocycles. The van der Waals surface area contributed by atoms with Gasteiger partial charge in [0.25, 0.3) is 5.69 Å². The highest BCUT2D eigenvalue weighted by Gasteiger charge is 2.19. The van der Waals surface area contributed by atoms with Crippen LogP contribution in [0, 0.1) is 10.1 Å². The molecule has 0 bridgehead atoms. The molecule has 1 rings (SSSR count). The van der Waals surface area contributed by atoms with Gasteiger partial charge in [0.2, 0.25) is 0 Å². The summed E-state index contributed by atoms with van der Waals surface area (Å²) >= 11 is 0. The van der Waals surface area contributed by atoms with Crippen LogP contribution in [0.5, 0.6) is 0 Å². The summed E-state index contributed by atoms with van der Waals surface area (Å²) in [6.45, 7) is 0. The van der Waals surface area contributed by atoms with Crippen LogP contribution >= 0.6 is 0 Å². The van der Waals surface area contributed by atoms with Gasteiger partial charge in [-0.15, -0.1) is 0 Å². The summed E-state index contributed by atoms with van der Waals surface area (Å²) in [5, 5.41) is 10.8. The first kappa shape index (κ1) is 13.6. The van der Waals surface area contributed by atoms with Crippen LogP contribution in [0.15, 0.2) is 18.2 Å². The first-order chi connectivity index (χ1) is 8.49. The van der Waals surface area contributed by atoms with Gasteiger partial charge in [0, 0.05) is 11.6 Å². The predicted molar refractivity (Wildman–Crippen MR) is 60.2 cm³/mol. The Morgan fingerprint density at radius 2 is 1.94 bits per heavy atom. The first-order valence-electron chi connectivity index (χ1n) is 4.92. The standard InChI is InChI=1S/C11H11NO6/c1-17-10(13)6-8-5-7(11(14)18-2)3-4-9(8)12(15)16/h3-5H,6H2,1-2H3. The lowest BCUT2D eigenvalue weighted by Gasteiger charge is -2.04. The van der Waals surface area contributed by atoms with E-state index in [2.05, 4.69) is 9.47 Å². The van der Waals surface area contributed by atoms with E-state index in [9.17, 15) is 19.7 Å². The molecule has 7 heteroatoms. The molecule has 0 unspecified atom stereocenters. The molecule has 96 valence electrons. The predicted octanol–water partition coefficient (Wildman–Crippen LogP) is 1.10. The van der Waals surface area contributed by atoms with E-state index in [-0.39, 0.29) is 23.2 Å². The molecule has 0 atom stereocenters. The lowest BCUT2D eigenvalue weighted by Crippen LogP contribution is -2.09. The Labute approximate surface area is 102 Å². The Balaban J connectivity index is 3.19. The molecule has 0 aliphatic rings. The Bertz CT molecular complexity index is 496. The molecule has 0 N–H and O–H groups in total. The summed E-state index contributed by atoms with van der Waals surface area (Å²) in [4.78, 5) is 32.6. The number of nitro benzene ring substituents is 1. The van der Waals surface area contributed by atoms with Crippen molar-refractivity contribution < 1.29 is 24.0 Å². The van der Waals surface area contributed by atoms with Crippen LogP contribution in [-0.2, 0) is 20.7 Å². The number of nitrogens with zero attached hydrogens (tertiary/aromatic N) is 1. The van der Waals surface area contributed by atoms with Crippen LogP contribution in [0.4, 0.5) is 5.69 Å². The van der Waals surface area contributed by atoms with Crippen LogP contribution in [0.2, 0.25) is 0 Å². The number of benzene rings is 1. The molecule has 7 nitrogen and oxygen atoms in total. The summed E-state index contributed by atoms with van der Waals surface area (Å²) < 4.78 is 8.94. The summed E-state index contributed by atoms with van der Waals surface area (Å²) in [6.07, 6.45) is -0.280. The molecule has 0 saturated heterocycles. The molecule has 0 heterocycles. The number of rotatable bonds is 4. The summed E-state index contributed by atoms with van der Waals surface area (Å²) in [7, 11) is 2.38. The second-order valence-electron chi connectivity index (χ2n) is 3.35. The first-order valence-corrected chi connectivity index (χ1v) is 4.92. The minimum atomic E-state index is -0.629. The second kappa shape index (κ2) is 5.76. The number of ether oxygens (including phenoxy) is 2. The maximum atomic E-state index is 11.3. The van der Waals surface area contributed by atoms with Crippen molar-refractivity contribution in [2.75, 3.05) is 14.2 Å². The quantitative estimate of drug-likeness (QED) is 0.453. The Morgan fingerprint density at radius 3 is 2.44 bits per heavy atom. The van der Waals surface area contributed by atoms with Crippen molar-refractivity contribution in [1.29, 1.82) is 0 Å². The van der Waals surface area contributed by atoms with Gasteiger partial charge in [-0.2, -0.15) is 0 Å². The number of carbonyl (C=O) groups excluding carboxylic acids is 2. The molecule has 0 aliphatic heterocycles. The summed E-state index contributed by atoms with van der Waals surface area (Å²) in [5.74, 6) is -1.25.